The Balaban J connectivity index is 1.46. The van der Waals surface area contributed by atoms with E-state index >= 15 is 0 Å². The lowest BCUT2D eigenvalue weighted by molar-refractivity contribution is 0.0645. The number of pyridine rings is 1. The molecule has 0 fully saturated rings. The van der Waals surface area contributed by atoms with Crippen LogP contribution < -0.4 is 10.9 Å². The van der Waals surface area contributed by atoms with Crippen LogP contribution in [0.4, 0.5) is 5.69 Å². The Kier molecular flexibility index (Phi) is 6.42. The van der Waals surface area contributed by atoms with Gasteiger partial charge in [-0.2, -0.15) is 0 Å². The number of carbonyl (C=O) groups excluding carboxylic acids is 2. The minimum atomic E-state index is -0.329. The molecule has 0 saturated heterocycles. The average molecular weight is 525 g/mol. The standard InChI is InChI=1S/C25H25ClN6O3S/c1-13(10-20-16(26)5-9-36-20)28-17-4-6-27-23(33)21(17)22-29-18-11-14-15(12-19(18)30-22)25(35)32(24(14)34)8-7-31(2)3/h4-6,9,11-13H,7-8,10H2,1-3H3,(H,29,30)(H2,27,28,33)/t13-/m0/s1. The first-order valence-corrected chi connectivity index (χ1v) is 12.7. The molecule has 2 amide bonds. The third-order valence-corrected chi connectivity index (χ3v) is 7.53. The molecule has 5 rings (SSSR count). The summed E-state index contributed by atoms with van der Waals surface area (Å²) in [6.07, 6.45) is 2.28. The number of benzene rings is 1. The third kappa shape index (κ3) is 4.43. The third-order valence-electron chi connectivity index (χ3n) is 6.13. The van der Waals surface area contributed by atoms with Crippen molar-refractivity contribution in [3.63, 3.8) is 0 Å². The zero-order valence-corrected chi connectivity index (χ0v) is 21.6. The lowest BCUT2D eigenvalue weighted by Crippen LogP contribution is -2.35. The summed E-state index contributed by atoms with van der Waals surface area (Å²) in [5.41, 5.74) is 2.40. The van der Waals surface area contributed by atoms with Crippen molar-refractivity contribution >= 4 is 51.5 Å². The summed E-state index contributed by atoms with van der Waals surface area (Å²) in [4.78, 5) is 53.4. The van der Waals surface area contributed by atoms with Crippen molar-refractivity contribution in [1.29, 1.82) is 0 Å². The summed E-state index contributed by atoms with van der Waals surface area (Å²) in [6.45, 7) is 2.91. The van der Waals surface area contributed by atoms with Gasteiger partial charge in [0, 0.05) is 36.6 Å². The van der Waals surface area contributed by atoms with Gasteiger partial charge in [-0.15, -0.1) is 11.3 Å². The number of H-pyrrole nitrogens is 2. The summed E-state index contributed by atoms with van der Waals surface area (Å²) < 4.78 is 0. The van der Waals surface area contributed by atoms with Crippen LogP contribution >= 0.6 is 22.9 Å². The van der Waals surface area contributed by atoms with Crippen molar-refractivity contribution in [2.45, 2.75) is 19.4 Å². The van der Waals surface area contributed by atoms with Crippen LogP contribution in [0.25, 0.3) is 22.4 Å². The molecule has 0 radical (unpaired) electrons. The van der Waals surface area contributed by atoms with Gasteiger partial charge in [-0.05, 0) is 50.7 Å². The fraction of sp³-hybridized carbons (Fsp3) is 0.280. The number of rotatable bonds is 8. The second-order valence-corrected chi connectivity index (χ2v) is 10.5. The molecular weight excluding hydrogens is 500 g/mol. The van der Waals surface area contributed by atoms with Gasteiger partial charge >= 0.3 is 0 Å². The second-order valence-electron chi connectivity index (χ2n) is 9.10. The molecule has 4 aromatic rings. The molecule has 1 aromatic carbocycles. The molecule has 0 unspecified atom stereocenters. The van der Waals surface area contributed by atoms with Gasteiger partial charge in [0.05, 0.1) is 32.9 Å². The van der Waals surface area contributed by atoms with Crippen LogP contribution in [-0.4, -0.2) is 69.8 Å². The number of nitrogens with one attached hydrogen (secondary N) is 3. The summed E-state index contributed by atoms with van der Waals surface area (Å²) in [7, 11) is 3.78. The van der Waals surface area contributed by atoms with Crippen LogP contribution in [0.1, 0.15) is 32.5 Å². The zero-order valence-electron chi connectivity index (χ0n) is 20.0. The minimum Gasteiger partial charge on any atom is -0.381 e. The highest BCUT2D eigenvalue weighted by molar-refractivity contribution is 7.10. The highest BCUT2D eigenvalue weighted by atomic mass is 35.5. The smallest absolute Gasteiger partial charge is 0.261 e. The zero-order chi connectivity index (χ0) is 25.6. The van der Waals surface area contributed by atoms with Gasteiger partial charge in [0.2, 0.25) is 0 Å². The Morgan fingerprint density at radius 2 is 1.92 bits per heavy atom. The highest BCUT2D eigenvalue weighted by Gasteiger charge is 2.36. The molecule has 1 aliphatic rings. The molecule has 3 aromatic heterocycles. The highest BCUT2D eigenvalue weighted by Crippen LogP contribution is 2.31. The Hall–Kier alpha value is -3.47. The molecule has 0 aliphatic carbocycles. The summed E-state index contributed by atoms with van der Waals surface area (Å²) in [6, 6.07) is 6.91. The molecular formula is C25H25ClN6O3S. The van der Waals surface area contributed by atoms with Crippen molar-refractivity contribution in [1.82, 2.24) is 24.8 Å². The number of hydrogen-bond donors (Lipinski definition) is 3. The number of aromatic nitrogens is 3. The van der Waals surface area contributed by atoms with E-state index in [1.165, 1.54) is 4.90 Å². The van der Waals surface area contributed by atoms with E-state index in [1.807, 2.05) is 37.4 Å². The molecule has 11 heteroatoms. The first-order chi connectivity index (χ1) is 17.2. The number of nitrogens with zero attached hydrogens (tertiary/aromatic N) is 3. The molecule has 4 heterocycles. The molecule has 1 atom stereocenters. The molecule has 1 aliphatic heterocycles. The Morgan fingerprint density at radius 3 is 2.61 bits per heavy atom. The summed E-state index contributed by atoms with van der Waals surface area (Å²) in [5.74, 6) is -0.302. The molecule has 0 spiro atoms. The molecule has 186 valence electrons. The van der Waals surface area contributed by atoms with E-state index in [-0.39, 0.29) is 23.4 Å². The van der Waals surface area contributed by atoms with Gasteiger partial charge in [0.1, 0.15) is 11.4 Å². The van der Waals surface area contributed by atoms with Gasteiger partial charge in [-0.25, -0.2) is 4.98 Å². The van der Waals surface area contributed by atoms with Gasteiger partial charge in [-0.3, -0.25) is 19.3 Å². The van der Waals surface area contributed by atoms with E-state index in [0.717, 1.165) is 9.90 Å². The number of halogens is 1. The average Bonchev–Trinajstić information content (AvgIpc) is 3.48. The Labute approximate surface area is 216 Å². The van der Waals surface area contributed by atoms with Crippen molar-refractivity contribution < 1.29 is 9.59 Å². The molecule has 0 saturated carbocycles. The van der Waals surface area contributed by atoms with E-state index in [0.29, 0.717) is 58.7 Å². The predicted molar refractivity (Wildman–Crippen MR) is 142 cm³/mol. The van der Waals surface area contributed by atoms with Crippen molar-refractivity contribution in [3.05, 3.63) is 67.2 Å². The van der Waals surface area contributed by atoms with Crippen LogP contribution in [0.2, 0.25) is 5.02 Å². The monoisotopic (exact) mass is 524 g/mol. The second kappa shape index (κ2) is 9.53. The number of carbonyl (C=O) groups is 2. The van der Waals surface area contributed by atoms with Crippen molar-refractivity contribution in [3.8, 4) is 11.4 Å². The maximum Gasteiger partial charge on any atom is 0.261 e. The molecule has 36 heavy (non-hydrogen) atoms. The van der Waals surface area contributed by atoms with Crippen molar-refractivity contribution in [2.24, 2.45) is 0 Å². The maximum atomic E-state index is 12.9. The summed E-state index contributed by atoms with van der Waals surface area (Å²) in [5, 5.41) is 6.08. The van der Waals surface area contributed by atoms with E-state index < -0.39 is 0 Å². The number of imidazole rings is 1. The lowest BCUT2D eigenvalue weighted by atomic mass is 10.1. The number of likely N-dealkylation sites (N-methyl/N-ethyl adjacent to an activating group) is 1. The van der Waals surface area contributed by atoms with Crippen molar-refractivity contribution in [2.75, 3.05) is 32.5 Å². The SMILES string of the molecule is C[C@@H](Cc1sccc1Cl)Nc1cc[nH]c(=O)c1-c1nc2cc3c(cc2[nH]1)C(=O)N(CCN(C)C)C3=O. The largest absolute Gasteiger partial charge is 0.381 e. The molecule has 0 bridgehead atoms. The Morgan fingerprint density at radius 1 is 1.17 bits per heavy atom. The first-order valence-electron chi connectivity index (χ1n) is 11.5. The number of hydrogen-bond acceptors (Lipinski definition) is 7. The number of amides is 2. The lowest BCUT2D eigenvalue weighted by Gasteiger charge is -2.16. The number of fused-ring (bicyclic) bond motifs is 2. The Bertz CT molecular complexity index is 1490. The summed E-state index contributed by atoms with van der Waals surface area (Å²) >= 11 is 7.84. The van der Waals surface area contributed by atoms with E-state index in [9.17, 15) is 14.4 Å². The van der Waals surface area contributed by atoms with E-state index in [1.54, 1.807) is 35.7 Å². The number of aromatic amines is 2. The number of imide groups is 1. The fourth-order valence-corrected chi connectivity index (χ4v) is 5.56. The van der Waals surface area contributed by atoms with Gasteiger partial charge in [-0.1, -0.05) is 11.6 Å². The number of anilines is 1. The maximum absolute atomic E-state index is 12.9. The van der Waals surface area contributed by atoms with Crippen LogP contribution in [0.3, 0.4) is 0 Å². The van der Waals surface area contributed by atoms with Crippen LogP contribution in [0.15, 0.2) is 40.6 Å². The quantitative estimate of drug-likeness (QED) is 0.302. The van der Waals surface area contributed by atoms with Gasteiger partial charge in [0.25, 0.3) is 17.4 Å². The van der Waals surface area contributed by atoms with E-state index in [4.69, 9.17) is 11.6 Å². The minimum absolute atomic E-state index is 0.00160. The van der Waals surface area contributed by atoms with E-state index in [2.05, 4.69) is 20.3 Å². The van der Waals surface area contributed by atoms with Crippen LogP contribution in [-0.2, 0) is 6.42 Å². The first kappa shape index (κ1) is 24.2. The number of thiophene rings is 1. The predicted octanol–water partition coefficient (Wildman–Crippen LogP) is 3.83. The van der Waals surface area contributed by atoms with Gasteiger partial charge < -0.3 is 20.2 Å². The molecule has 3 N–H and O–H groups in total. The van der Waals surface area contributed by atoms with Crippen LogP contribution in [0.5, 0.6) is 0 Å². The normalized spacial score (nSPS) is 14.2. The topological polar surface area (TPSA) is 114 Å². The van der Waals surface area contributed by atoms with Crippen LogP contribution in [0, 0.1) is 0 Å². The van der Waals surface area contributed by atoms with Gasteiger partial charge in [0.15, 0.2) is 0 Å². The fourth-order valence-electron chi connectivity index (χ4n) is 4.31. The molecule has 9 nitrogen and oxygen atoms in total.